The topological polar surface area (TPSA) is 114 Å². The molecule has 0 aromatic heterocycles. The second-order valence-corrected chi connectivity index (χ2v) is 7.26. The zero-order chi connectivity index (χ0) is 23.0. The highest BCUT2D eigenvalue weighted by Gasteiger charge is 2.51. The maximum atomic E-state index is 11.8. The fraction of sp³-hybridized carbons (Fsp3) is 0.545. The lowest BCUT2D eigenvalue weighted by atomic mass is 9.91. The summed E-state index contributed by atoms with van der Waals surface area (Å²) in [5, 5.41) is 0. The first-order valence-corrected chi connectivity index (χ1v) is 10.0. The van der Waals surface area contributed by atoms with E-state index in [-0.39, 0.29) is 6.61 Å². The van der Waals surface area contributed by atoms with E-state index in [4.69, 9.17) is 23.7 Å². The number of hydrogen-bond donors (Lipinski definition) is 0. The molecular weight excluding hydrogens is 408 g/mol. The Labute approximate surface area is 180 Å². The minimum Gasteiger partial charge on any atom is -0.463 e. The van der Waals surface area contributed by atoms with Crippen molar-refractivity contribution in [2.45, 2.75) is 71.1 Å². The van der Waals surface area contributed by atoms with Gasteiger partial charge in [-0.25, -0.2) is 0 Å². The lowest BCUT2D eigenvalue weighted by Crippen LogP contribution is -2.62. The van der Waals surface area contributed by atoms with Gasteiger partial charge in [0.25, 0.3) is 0 Å². The van der Waals surface area contributed by atoms with Gasteiger partial charge in [0.05, 0.1) is 6.10 Å². The van der Waals surface area contributed by atoms with Crippen LogP contribution < -0.4 is 0 Å². The minimum atomic E-state index is -1.13. The molecule has 0 aliphatic carbocycles. The maximum absolute atomic E-state index is 11.8. The van der Waals surface area contributed by atoms with Crippen LogP contribution in [-0.2, 0) is 49.3 Å². The fourth-order valence-corrected chi connectivity index (χ4v) is 3.50. The predicted molar refractivity (Wildman–Crippen MR) is 107 cm³/mol. The molecule has 2 rings (SSSR count). The number of ether oxygens (including phenoxy) is 5. The van der Waals surface area contributed by atoms with E-state index in [9.17, 15) is 19.2 Å². The molecule has 1 aromatic carbocycles. The van der Waals surface area contributed by atoms with Crippen molar-refractivity contribution in [3.63, 3.8) is 0 Å². The number of carbonyl (C=O) groups excluding carboxylic acids is 4. The average Bonchev–Trinajstić information content (AvgIpc) is 2.68. The first-order chi connectivity index (χ1) is 14.7. The lowest BCUT2D eigenvalue weighted by Gasteiger charge is -2.44. The van der Waals surface area contributed by atoms with E-state index in [2.05, 4.69) is 0 Å². The zero-order valence-electron chi connectivity index (χ0n) is 18.1. The second kappa shape index (κ2) is 11.5. The first-order valence-electron chi connectivity index (χ1n) is 10.0. The van der Waals surface area contributed by atoms with Crippen LogP contribution in [0.1, 0.15) is 39.7 Å². The molecule has 0 spiro atoms. The SMILES string of the molecule is CC(=O)OC[C@H]1O[C@H](CCc2ccccc2)[C@H](OC(C)=O)[C@@H](OC(C)=O)[C@@H]1OC(C)=O. The number of hydrogen-bond acceptors (Lipinski definition) is 9. The van der Waals surface area contributed by atoms with E-state index < -0.39 is 54.4 Å². The van der Waals surface area contributed by atoms with Crippen molar-refractivity contribution < 1.29 is 42.9 Å². The Kier molecular flexibility index (Phi) is 8.99. The summed E-state index contributed by atoms with van der Waals surface area (Å²) < 4.78 is 27.4. The van der Waals surface area contributed by atoms with Gasteiger partial charge in [-0.3, -0.25) is 19.2 Å². The van der Waals surface area contributed by atoms with Crippen LogP contribution in [0.25, 0.3) is 0 Å². The van der Waals surface area contributed by atoms with E-state index in [0.717, 1.165) is 5.56 Å². The van der Waals surface area contributed by atoms with Crippen LogP contribution >= 0.6 is 0 Å². The molecule has 1 aliphatic heterocycles. The Morgan fingerprint density at radius 1 is 0.742 bits per heavy atom. The third-order valence-corrected chi connectivity index (χ3v) is 4.65. The normalized spacial score (nSPS) is 25.2. The molecule has 0 saturated carbocycles. The Morgan fingerprint density at radius 3 is 1.77 bits per heavy atom. The van der Waals surface area contributed by atoms with Gasteiger partial charge in [0, 0.05) is 27.7 Å². The van der Waals surface area contributed by atoms with E-state index in [1.165, 1.54) is 27.7 Å². The van der Waals surface area contributed by atoms with Gasteiger partial charge in [0.15, 0.2) is 18.3 Å². The summed E-state index contributed by atoms with van der Waals surface area (Å²) in [6, 6.07) is 9.61. The summed E-state index contributed by atoms with van der Waals surface area (Å²) in [7, 11) is 0. The highest BCUT2D eigenvalue weighted by Crippen LogP contribution is 2.31. The van der Waals surface area contributed by atoms with Crippen molar-refractivity contribution in [3.05, 3.63) is 35.9 Å². The standard InChI is InChI=1S/C22H28O9/c1-13(23)27-12-19-21(29-15(3)25)22(30-16(4)26)20(28-14(2)24)18(31-19)11-10-17-8-6-5-7-9-17/h5-9,18-22H,10-12H2,1-4H3/t18-,19-,20+,21-,22-/m1/s1. The molecule has 5 atom stereocenters. The predicted octanol–water partition coefficient (Wildman–Crippen LogP) is 1.74. The van der Waals surface area contributed by atoms with Crippen LogP contribution in [0, 0.1) is 0 Å². The van der Waals surface area contributed by atoms with Gasteiger partial charge in [-0.05, 0) is 18.4 Å². The van der Waals surface area contributed by atoms with Crippen LogP contribution in [-0.4, -0.2) is 61.0 Å². The molecule has 31 heavy (non-hydrogen) atoms. The molecule has 0 amide bonds. The quantitative estimate of drug-likeness (QED) is 0.444. The molecule has 1 aromatic rings. The summed E-state index contributed by atoms with van der Waals surface area (Å²) in [6.45, 7) is 4.63. The van der Waals surface area contributed by atoms with Crippen LogP contribution in [0.5, 0.6) is 0 Å². The van der Waals surface area contributed by atoms with Gasteiger partial charge in [0.2, 0.25) is 0 Å². The largest absolute Gasteiger partial charge is 0.463 e. The third-order valence-electron chi connectivity index (χ3n) is 4.65. The smallest absolute Gasteiger partial charge is 0.303 e. The molecule has 1 heterocycles. The molecule has 1 fully saturated rings. The molecule has 0 unspecified atom stereocenters. The summed E-state index contributed by atoms with van der Waals surface area (Å²) in [6.07, 6.45) is -3.86. The molecular formula is C22H28O9. The average molecular weight is 436 g/mol. The third kappa shape index (κ3) is 7.67. The molecule has 1 aliphatic rings. The van der Waals surface area contributed by atoms with Crippen molar-refractivity contribution in [3.8, 4) is 0 Å². The van der Waals surface area contributed by atoms with Gasteiger partial charge < -0.3 is 23.7 Å². The summed E-state index contributed by atoms with van der Waals surface area (Å²) in [5.41, 5.74) is 1.04. The number of carbonyl (C=O) groups is 4. The number of rotatable bonds is 8. The Bertz CT molecular complexity index is 776. The molecule has 9 nitrogen and oxygen atoms in total. The summed E-state index contributed by atoms with van der Waals surface area (Å²) in [5.74, 6) is -2.44. The Hall–Kier alpha value is -2.94. The molecule has 9 heteroatoms. The van der Waals surface area contributed by atoms with Gasteiger partial charge in [-0.1, -0.05) is 30.3 Å². The van der Waals surface area contributed by atoms with Crippen molar-refractivity contribution >= 4 is 23.9 Å². The second-order valence-electron chi connectivity index (χ2n) is 7.26. The van der Waals surface area contributed by atoms with Gasteiger partial charge in [0.1, 0.15) is 12.7 Å². The van der Waals surface area contributed by atoms with Crippen molar-refractivity contribution in [1.82, 2.24) is 0 Å². The Morgan fingerprint density at radius 2 is 1.26 bits per heavy atom. The van der Waals surface area contributed by atoms with Crippen LogP contribution in [0.3, 0.4) is 0 Å². The first kappa shape index (κ1) is 24.3. The lowest BCUT2D eigenvalue weighted by molar-refractivity contribution is -0.253. The van der Waals surface area contributed by atoms with Gasteiger partial charge in [-0.15, -0.1) is 0 Å². The summed E-state index contributed by atoms with van der Waals surface area (Å²) >= 11 is 0. The van der Waals surface area contributed by atoms with Gasteiger partial charge >= 0.3 is 23.9 Å². The zero-order valence-corrected chi connectivity index (χ0v) is 18.1. The number of aryl methyl sites for hydroxylation is 1. The monoisotopic (exact) mass is 436 g/mol. The van der Waals surface area contributed by atoms with Crippen LogP contribution in [0.2, 0.25) is 0 Å². The molecule has 0 radical (unpaired) electrons. The van der Waals surface area contributed by atoms with Crippen molar-refractivity contribution in [2.24, 2.45) is 0 Å². The Balaban J connectivity index is 2.35. The van der Waals surface area contributed by atoms with E-state index in [1.807, 2.05) is 30.3 Å². The van der Waals surface area contributed by atoms with E-state index >= 15 is 0 Å². The highest BCUT2D eigenvalue weighted by atomic mass is 16.7. The molecule has 0 bridgehead atoms. The molecule has 0 N–H and O–H groups in total. The minimum absolute atomic E-state index is 0.223. The van der Waals surface area contributed by atoms with E-state index in [0.29, 0.717) is 12.8 Å². The van der Waals surface area contributed by atoms with Crippen molar-refractivity contribution in [1.29, 1.82) is 0 Å². The molecule has 170 valence electrons. The van der Waals surface area contributed by atoms with Crippen LogP contribution in [0.15, 0.2) is 30.3 Å². The number of esters is 4. The van der Waals surface area contributed by atoms with Crippen molar-refractivity contribution in [2.75, 3.05) is 6.61 Å². The van der Waals surface area contributed by atoms with Crippen LogP contribution in [0.4, 0.5) is 0 Å². The number of benzene rings is 1. The maximum Gasteiger partial charge on any atom is 0.303 e. The van der Waals surface area contributed by atoms with E-state index in [1.54, 1.807) is 0 Å². The van der Waals surface area contributed by atoms with Gasteiger partial charge in [-0.2, -0.15) is 0 Å². The molecule has 1 saturated heterocycles. The fourth-order valence-electron chi connectivity index (χ4n) is 3.50. The summed E-state index contributed by atoms with van der Waals surface area (Å²) in [4.78, 5) is 46.6. The highest BCUT2D eigenvalue weighted by molar-refractivity contribution is 5.68.